The van der Waals surface area contributed by atoms with E-state index in [1.54, 1.807) is 54.6 Å². The third-order valence-electron chi connectivity index (χ3n) is 4.19. The molecule has 0 unspecified atom stereocenters. The summed E-state index contributed by atoms with van der Waals surface area (Å²) in [6.07, 6.45) is 1.64. The van der Waals surface area contributed by atoms with Crippen LogP contribution in [0.1, 0.15) is 16.7 Å². The molecule has 6 heteroatoms. The van der Waals surface area contributed by atoms with Crippen LogP contribution in [0.4, 0.5) is 4.39 Å². The molecule has 144 valence electrons. The van der Waals surface area contributed by atoms with E-state index in [0.29, 0.717) is 22.9 Å². The van der Waals surface area contributed by atoms with E-state index in [1.165, 1.54) is 12.1 Å². The molecule has 0 spiro atoms. The zero-order valence-electron chi connectivity index (χ0n) is 15.1. The Hall–Kier alpha value is -3.44. The summed E-state index contributed by atoms with van der Waals surface area (Å²) in [4.78, 5) is 16.4. The Bertz CT molecular complexity index is 1110. The summed E-state index contributed by atoms with van der Waals surface area (Å²) < 4.78 is 23.9. The first kappa shape index (κ1) is 18.9. The zero-order valence-corrected chi connectivity index (χ0v) is 15.9. The second kappa shape index (κ2) is 8.29. The number of carbonyl (C=O) groups excluding carboxylic acids is 1. The van der Waals surface area contributed by atoms with Gasteiger partial charge in [-0.05, 0) is 59.7 Å². The topological polar surface area (TPSA) is 47.9 Å². The Balaban J connectivity index is 1.45. The Labute approximate surface area is 171 Å². The van der Waals surface area contributed by atoms with E-state index in [2.05, 4.69) is 4.99 Å². The maximum Gasteiger partial charge on any atom is 0.363 e. The predicted molar refractivity (Wildman–Crippen MR) is 109 cm³/mol. The molecule has 3 aromatic rings. The smallest absolute Gasteiger partial charge is 0.363 e. The number of ether oxygens (including phenoxy) is 2. The highest BCUT2D eigenvalue weighted by Gasteiger charge is 2.24. The third kappa shape index (κ3) is 4.70. The van der Waals surface area contributed by atoms with Gasteiger partial charge in [-0.3, -0.25) is 0 Å². The molecule has 0 aliphatic carbocycles. The van der Waals surface area contributed by atoms with Crippen molar-refractivity contribution in [3.63, 3.8) is 0 Å². The van der Waals surface area contributed by atoms with E-state index in [1.807, 2.05) is 12.1 Å². The van der Waals surface area contributed by atoms with E-state index < -0.39 is 5.97 Å². The molecule has 29 heavy (non-hydrogen) atoms. The Morgan fingerprint density at radius 3 is 2.52 bits per heavy atom. The first-order valence-corrected chi connectivity index (χ1v) is 9.20. The van der Waals surface area contributed by atoms with Crippen molar-refractivity contribution in [2.24, 2.45) is 4.99 Å². The normalized spacial score (nSPS) is 14.6. The van der Waals surface area contributed by atoms with E-state index in [9.17, 15) is 9.18 Å². The molecule has 4 nitrogen and oxygen atoms in total. The monoisotopic (exact) mass is 407 g/mol. The molecule has 1 aliphatic rings. The zero-order chi connectivity index (χ0) is 20.2. The second-order valence-corrected chi connectivity index (χ2v) is 6.77. The molecule has 0 atom stereocenters. The fourth-order valence-electron chi connectivity index (χ4n) is 2.72. The molecule has 1 aliphatic heterocycles. The van der Waals surface area contributed by atoms with Crippen LogP contribution in [0.15, 0.2) is 83.5 Å². The lowest BCUT2D eigenvalue weighted by molar-refractivity contribution is -0.129. The molecule has 0 saturated carbocycles. The van der Waals surface area contributed by atoms with Crippen molar-refractivity contribution in [3.8, 4) is 5.75 Å². The molecule has 0 N–H and O–H groups in total. The number of cyclic esters (lactones) is 1. The lowest BCUT2D eigenvalue weighted by Gasteiger charge is -2.06. The van der Waals surface area contributed by atoms with Crippen molar-refractivity contribution < 1.29 is 18.7 Å². The van der Waals surface area contributed by atoms with E-state index >= 15 is 0 Å². The second-order valence-electron chi connectivity index (χ2n) is 6.33. The summed E-state index contributed by atoms with van der Waals surface area (Å²) in [5.41, 5.74) is 2.50. The SMILES string of the molecule is O=C1OC(c2cccc(Cl)c2)=NC1=Cc1ccc(OCc2ccc(F)cc2)cc1. The van der Waals surface area contributed by atoms with Crippen molar-refractivity contribution in [1.29, 1.82) is 0 Å². The molecular formula is C23H15ClFNO3. The lowest BCUT2D eigenvalue weighted by Crippen LogP contribution is -2.05. The van der Waals surface area contributed by atoms with E-state index in [-0.39, 0.29) is 17.4 Å². The average molecular weight is 408 g/mol. The minimum absolute atomic E-state index is 0.208. The standard InChI is InChI=1S/C23H15ClFNO3/c24-18-3-1-2-17(13-18)22-26-21(23(27)29-22)12-15-6-10-20(11-7-15)28-14-16-4-8-19(25)9-5-16/h1-13H,14H2. The van der Waals surface area contributed by atoms with Crippen molar-refractivity contribution >= 4 is 29.5 Å². The van der Waals surface area contributed by atoms with Crippen LogP contribution >= 0.6 is 11.6 Å². The Morgan fingerprint density at radius 1 is 1.03 bits per heavy atom. The van der Waals surface area contributed by atoms with Gasteiger partial charge in [0.25, 0.3) is 0 Å². The molecule has 0 bridgehead atoms. The van der Waals surface area contributed by atoms with Crippen LogP contribution in [0.2, 0.25) is 5.02 Å². The van der Waals surface area contributed by atoms with E-state index in [4.69, 9.17) is 21.1 Å². The van der Waals surface area contributed by atoms with Gasteiger partial charge in [-0.1, -0.05) is 41.9 Å². The maximum atomic E-state index is 12.9. The molecule has 3 aromatic carbocycles. The Morgan fingerprint density at radius 2 is 1.79 bits per heavy atom. The van der Waals surface area contributed by atoms with Crippen molar-refractivity contribution in [1.82, 2.24) is 0 Å². The minimum Gasteiger partial charge on any atom is -0.489 e. The third-order valence-corrected chi connectivity index (χ3v) is 4.43. The van der Waals surface area contributed by atoms with Gasteiger partial charge in [0, 0.05) is 10.6 Å². The number of rotatable bonds is 5. The average Bonchev–Trinajstić information content (AvgIpc) is 3.09. The summed E-state index contributed by atoms with van der Waals surface area (Å²) in [6, 6.07) is 20.3. The van der Waals surface area contributed by atoms with Gasteiger partial charge >= 0.3 is 5.97 Å². The highest BCUT2D eigenvalue weighted by Crippen LogP contribution is 2.22. The number of carbonyl (C=O) groups is 1. The highest BCUT2D eigenvalue weighted by molar-refractivity contribution is 6.31. The number of aliphatic imine (C=N–C) groups is 1. The predicted octanol–water partition coefficient (Wildman–Crippen LogP) is 5.40. The molecular weight excluding hydrogens is 393 g/mol. The van der Waals surface area contributed by atoms with Gasteiger partial charge in [-0.15, -0.1) is 0 Å². The number of esters is 1. The largest absolute Gasteiger partial charge is 0.489 e. The quantitative estimate of drug-likeness (QED) is 0.420. The van der Waals surface area contributed by atoms with E-state index in [0.717, 1.165) is 11.1 Å². The van der Waals surface area contributed by atoms with Gasteiger partial charge in [0.1, 0.15) is 18.2 Å². The number of benzene rings is 3. The number of hydrogen-bond acceptors (Lipinski definition) is 4. The van der Waals surface area contributed by atoms with Crippen molar-refractivity contribution in [2.45, 2.75) is 6.61 Å². The molecule has 4 rings (SSSR count). The number of halogens is 2. The maximum absolute atomic E-state index is 12.9. The van der Waals surface area contributed by atoms with Crippen LogP contribution in [0.25, 0.3) is 6.08 Å². The van der Waals surface area contributed by atoms with Crippen LogP contribution in [-0.4, -0.2) is 11.9 Å². The van der Waals surface area contributed by atoms with Crippen molar-refractivity contribution in [2.75, 3.05) is 0 Å². The number of nitrogens with zero attached hydrogens (tertiary/aromatic N) is 1. The summed E-state index contributed by atoms with van der Waals surface area (Å²) in [7, 11) is 0. The molecule has 0 saturated heterocycles. The van der Waals surface area contributed by atoms with Crippen LogP contribution in [0.3, 0.4) is 0 Å². The molecule has 0 aromatic heterocycles. The molecule has 0 radical (unpaired) electrons. The van der Waals surface area contributed by atoms with Crippen LogP contribution in [0.5, 0.6) is 5.75 Å². The van der Waals surface area contributed by atoms with Gasteiger partial charge in [0.05, 0.1) is 0 Å². The van der Waals surface area contributed by atoms with Gasteiger partial charge in [0.2, 0.25) is 5.90 Å². The fourth-order valence-corrected chi connectivity index (χ4v) is 2.91. The highest BCUT2D eigenvalue weighted by atomic mass is 35.5. The van der Waals surface area contributed by atoms with Gasteiger partial charge in [-0.25, -0.2) is 14.2 Å². The first-order valence-electron chi connectivity index (χ1n) is 8.83. The fraction of sp³-hybridized carbons (Fsp3) is 0.0435. The van der Waals surface area contributed by atoms with Gasteiger partial charge in [0.15, 0.2) is 5.70 Å². The summed E-state index contributed by atoms with van der Waals surface area (Å²) in [5.74, 6) is 0.0889. The van der Waals surface area contributed by atoms with Crippen molar-refractivity contribution in [3.05, 3.63) is 106 Å². The van der Waals surface area contributed by atoms with Crippen LogP contribution < -0.4 is 4.74 Å². The summed E-state index contributed by atoms with van der Waals surface area (Å²) >= 11 is 5.97. The van der Waals surface area contributed by atoms with Gasteiger partial charge in [-0.2, -0.15) is 0 Å². The molecule has 0 amide bonds. The number of hydrogen-bond donors (Lipinski definition) is 0. The van der Waals surface area contributed by atoms with Crippen LogP contribution in [0, 0.1) is 5.82 Å². The lowest BCUT2D eigenvalue weighted by atomic mass is 10.2. The Kier molecular flexibility index (Phi) is 5.40. The minimum atomic E-state index is -0.517. The summed E-state index contributed by atoms with van der Waals surface area (Å²) in [6.45, 7) is 0.334. The summed E-state index contributed by atoms with van der Waals surface area (Å²) in [5, 5.41) is 0.537. The molecule has 1 heterocycles. The first-order chi connectivity index (χ1) is 14.1. The van der Waals surface area contributed by atoms with Crippen LogP contribution in [-0.2, 0) is 16.1 Å². The molecule has 0 fully saturated rings. The van der Waals surface area contributed by atoms with Gasteiger partial charge < -0.3 is 9.47 Å².